The normalized spacial score (nSPS) is 46.9. The van der Waals surface area contributed by atoms with Gasteiger partial charge in [-0.3, -0.25) is 0 Å². The van der Waals surface area contributed by atoms with Crippen LogP contribution in [0.4, 0.5) is 0 Å². The van der Waals surface area contributed by atoms with Crippen LogP contribution in [0, 0.1) is 17.3 Å². The van der Waals surface area contributed by atoms with Crippen molar-refractivity contribution in [2.75, 3.05) is 6.61 Å². The lowest BCUT2D eigenvalue weighted by Gasteiger charge is -2.60. The molecule has 0 spiro atoms. The smallest absolute Gasteiger partial charge is 0.330 e. The first kappa shape index (κ1) is 11.3. The highest BCUT2D eigenvalue weighted by atomic mass is 16.6. The Kier molecular flexibility index (Phi) is 2.37. The highest BCUT2D eigenvalue weighted by Crippen LogP contribution is 2.62. The molecule has 0 heterocycles. The molecule has 0 aromatic heterocycles. The van der Waals surface area contributed by atoms with Crippen LogP contribution in [0.3, 0.4) is 0 Å². The largest absolute Gasteiger partial charge is 0.456 e. The summed E-state index contributed by atoms with van der Waals surface area (Å²) in [7, 11) is 0. The molecule has 0 aromatic rings. The van der Waals surface area contributed by atoms with Crippen molar-refractivity contribution >= 4 is 5.97 Å². The van der Waals surface area contributed by atoms with Crippen LogP contribution in [0.5, 0.6) is 0 Å². The molecule has 3 heteroatoms. The van der Waals surface area contributed by atoms with E-state index in [4.69, 9.17) is 4.74 Å². The number of aliphatic hydroxyl groups excluding tert-OH is 1. The third-order valence-corrected chi connectivity index (χ3v) is 4.95. The van der Waals surface area contributed by atoms with Crippen LogP contribution in [-0.2, 0) is 9.53 Å². The van der Waals surface area contributed by atoms with Crippen molar-refractivity contribution in [2.45, 2.75) is 44.1 Å². The minimum atomic E-state index is -0.306. The van der Waals surface area contributed by atoms with Crippen molar-refractivity contribution in [2.24, 2.45) is 17.3 Å². The zero-order valence-corrected chi connectivity index (χ0v) is 10.2. The van der Waals surface area contributed by atoms with Gasteiger partial charge in [-0.1, -0.05) is 6.58 Å². The molecule has 4 aliphatic rings. The second kappa shape index (κ2) is 3.58. The molecule has 94 valence electrons. The second-order valence-electron chi connectivity index (χ2n) is 6.43. The molecule has 17 heavy (non-hydrogen) atoms. The average Bonchev–Trinajstić information content (AvgIpc) is 2.26. The number of esters is 1. The molecule has 4 aliphatic carbocycles. The van der Waals surface area contributed by atoms with Crippen LogP contribution >= 0.6 is 0 Å². The van der Waals surface area contributed by atoms with Crippen LogP contribution in [0.1, 0.15) is 38.5 Å². The summed E-state index contributed by atoms with van der Waals surface area (Å²) in [6.07, 6.45) is 7.58. The van der Waals surface area contributed by atoms with E-state index in [1.165, 1.54) is 12.5 Å². The van der Waals surface area contributed by atoms with Gasteiger partial charge in [-0.15, -0.1) is 0 Å². The van der Waals surface area contributed by atoms with Gasteiger partial charge < -0.3 is 9.84 Å². The van der Waals surface area contributed by atoms with Crippen LogP contribution in [-0.4, -0.2) is 23.3 Å². The Morgan fingerprint density at radius 2 is 2.00 bits per heavy atom. The summed E-state index contributed by atoms with van der Waals surface area (Å²) in [5.41, 5.74) is -0.260. The number of carbonyl (C=O) groups excluding carboxylic acids is 1. The Labute approximate surface area is 102 Å². The minimum Gasteiger partial charge on any atom is -0.456 e. The van der Waals surface area contributed by atoms with E-state index in [1.54, 1.807) is 0 Å². The van der Waals surface area contributed by atoms with E-state index in [-0.39, 0.29) is 23.6 Å². The van der Waals surface area contributed by atoms with E-state index in [0.29, 0.717) is 11.8 Å². The Morgan fingerprint density at radius 3 is 2.53 bits per heavy atom. The Bertz CT molecular complexity index is 346. The Morgan fingerprint density at radius 1 is 1.35 bits per heavy atom. The maximum Gasteiger partial charge on any atom is 0.330 e. The fourth-order valence-corrected chi connectivity index (χ4v) is 4.92. The molecule has 3 nitrogen and oxygen atoms in total. The standard InChI is InChI=1S/C14H20O3/c1-2-12(16)17-14-6-10-3-11(7-14)5-13(4-10,8-14)9-15/h2,10-11,15H,1,3-9H2. The summed E-state index contributed by atoms with van der Waals surface area (Å²) in [4.78, 5) is 11.5. The summed E-state index contributed by atoms with van der Waals surface area (Å²) < 4.78 is 5.66. The van der Waals surface area contributed by atoms with Crippen molar-refractivity contribution in [3.8, 4) is 0 Å². The summed E-state index contributed by atoms with van der Waals surface area (Å²) in [6.45, 7) is 3.72. The van der Waals surface area contributed by atoms with Gasteiger partial charge in [-0.25, -0.2) is 4.79 Å². The molecular weight excluding hydrogens is 216 g/mol. The zero-order valence-electron chi connectivity index (χ0n) is 10.2. The lowest BCUT2D eigenvalue weighted by Crippen LogP contribution is -2.58. The van der Waals surface area contributed by atoms with Crippen molar-refractivity contribution in [3.63, 3.8) is 0 Å². The predicted molar refractivity (Wildman–Crippen MR) is 63.2 cm³/mol. The van der Waals surface area contributed by atoms with Crippen molar-refractivity contribution in [1.82, 2.24) is 0 Å². The van der Waals surface area contributed by atoms with Crippen LogP contribution in [0.25, 0.3) is 0 Å². The van der Waals surface area contributed by atoms with E-state index in [1.807, 2.05) is 0 Å². The summed E-state index contributed by atoms with van der Waals surface area (Å²) in [5.74, 6) is 0.974. The maximum absolute atomic E-state index is 11.5. The van der Waals surface area contributed by atoms with Crippen LogP contribution in [0.15, 0.2) is 12.7 Å². The summed E-state index contributed by atoms with van der Waals surface area (Å²) >= 11 is 0. The fourth-order valence-electron chi connectivity index (χ4n) is 4.92. The minimum absolute atomic E-state index is 0.0333. The predicted octanol–water partition coefficient (Wildman–Crippen LogP) is 2.05. The van der Waals surface area contributed by atoms with Gasteiger partial charge in [0, 0.05) is 12.7 Å². The van der Waals surface area contributed by atoms with Crippen LogP contribution in [0.2, 0.25) is 0 Å². The molecule has 0 amide bonds. The molecule has 4 saturated carbocycles. The Hall–Kier alpha value is -0.830. The number of aliphatic hydroxyl groups is 1. The first-order chi connectivity index (χ1) is 8.09. The molecule has 2 atom stereocenters. The van der Waals surface area contributed by atoms with Gasteiger partial charge in [-0.2, -0.15) is 0 Å². The second-order valence-corrected chi connectivity index (χ2v) is 6.43. The van der Waals surface area contributed by atoms with Crippen molar-refractivity contribution < 1.29 is 14.6 Å². The van der Waals surface area contributed by atoms with Gasteiger partial charge in [-0.05, 0) is 55.8 Å². The zero-order chi connectivity index (χ0) is 12.1. The van der Waals surface area contributed by atoms with Gasteiger partial charge >= 0.3 is 5.97 Å². The average molecular weight is 236 g/mol. The van der Waals surface area contributed by atoms with Gasteiger partial charge in [0.25, 0.3) is 0 Å². The van der Waals surface area contributed by atoms with Crippen molar-refractivity contribution in [1.29, 1.82) is 0 Å². The lowest BCUT2D eigenvalue weighted by atomic mass is 9.48. The van der Waals surface area contributed by atoms with Gasteiger partial charge in [0.1, 0.15) is 5.60 Å². The quantitative estimate of drug-likeness (QED) is 0.602. The molecule has 0 radical (unpaired) electrons. The van der Waals surface area contributed by atoms with Crippen LogP contribution < -0.4 is 0 Å². The SMILES string of the molecule is C=CC(=O)OC12CC3CC(CC(CO)(C3)C1)C2. The fraction of sp³-hybridized carbons (Fsp3) is 0.786. The number of ether oxygens (including phenoxy) is 1. The Balaban J connectivity index is 1.87. The van der Waals surface area contributed by atoms with Gasteiger partial charge in [0.15, 0.2) is 0 Å². The molecule has 0 saturated heterocycles. The van der Waals surface area contributed by atoms with Crippen molar-refractivity contribution in [3.05, 3.63) is 12.7 Å². The molecule has 2 unspecified atom stereocenters. The topological polar surface area (TPSA) is 46.5 Å². The molecule has 0 aliphatic heterocycles. The molecule has 4 rings (SSSR count). The van der Waals surface area contributed by atoms with E-state index in [9.17, 15) is 9.90 Å². The van der Waals surface area contributed by atoms with E-state index >= 15 is 0 Å². The first-order valence-corrected chi connectivity index (χ1v) is 6.55. The molecular formula is C14H20O3. The summed E-state index contributed by atoms with van der Waals surface area (Å²) in [6, 6.07) is 0. The molecule has 4 bridgehead atoms. The van der Waals surface area contributed by atoms with E-state index < -0.39 is 0 Å². The van der Waals surface area contributed by atoms with Gasteiger partial charge in [0.2, 0.25) is 0 Å². The van der Waals surface area contributed by atoms with Gasteiger partial charge in [0.05, 0.1) is 0 Å². The highest BCUT2D eigenvalue weighted by Gasteiger charge is 2.59. The monoisotopic (exact) mass is 236 g/mol. The highest BCUT2D eigenvalue weighted by molar-refractivity contribution is 5.81. The molecule has 1 N–H and O–H groups in total. The maximum atomic E-state index is 11.5. The molecule has 4 fully saturated rings. The number of hydrogen-bond acceptors (Lipinski definition) is 3. The third-order valence-electron chi connectivity index (χ3n) is 4.95. The number of hydrogen-bond donors (Lipinski definition) is 1. The van der Waals surface area contributed by atoms with E-state index in [0.717, 1.165) is 32.1 Å². The summed E-state index contributed by atoms with van der Waals surface area (Å²) in [5, 5.41) is 9.68. The number of carbonyl (C=O) groups is 1. The lowest BCUT2D eigenvalue weighted by molar-refractivity contribution is -0.202. The molecule has 0 aromatic carbocycles. The number of rotatable bonds is 3. The third kappa shape index (κ3) is 1.71. The van der Waals surface area contributed by atoms with E-state index in [2.05, 4.69) is 6.58 Å². The first-order valence-electron chi connectivity index (χ1n) is 6.55.